The lowest BCUT2D eigenvalue weighted by Crippen LogP contribution is -2.54. The normalized spacial score (nSPS) is 27.3. The summed E-state index contributed by atoms with van der Waals surface area (Å²) in [5.41, 5.74) is -0.487. The molecule has 0 aromatic carbocycles. The largest absolute Gasteiger partial charge is 0.480 e. The number of carboxylic acid groups (broad SMARTS) is 1. The first-order valence-electron chi connectivity index (χ1n) is 6.65. The minimum Gasteiger partial charge on any atom is -0.480 e. The summed E-state index contributed by atoms with van der Waals surface area (Å²) in [5, 5.41) is 15.1. The van der Waals surface area contributed by atoms with E-state index in [2.05, 4.69) is 10.6 Å². The number of rotatable bonds is 5. The van der Waals surface area contributed by atoms with E-state index in [9.17, 15) is 14.7 Å². The van der Waals surface area contributed by atoms with Crippen molar-refractivity contribution in [3.05, 3.63) is 0 Å². The van der Waals surface area contributed by atoms with Gasteiger partial charge in [-0.2, -0.15) is 0 Å². The fourth-order valence-corrected chi connectivity index (χ4v) is 2.25. The molecule has 1 heterocycles. The Morgan fingerprint density at radius 3 is 2.61 bits per heavy atom. The molecule has 0 radical (unpaired) electrons. The Morgan fingerprint density at radius 1 is 1.50 bits per heavy atom. The fraction of sp³-hybridized carbons (Fsp3) is 0.846. The van der Waals surface area contributed by atoms with Gasteiger partial charge in [0, 0.05) is 6.54 Å². The number of aliphatic carboxylic acids is 1. The van der Waals surface area contributed by atoms with Crippen molar-refractivity contribution in [2.75, 3.05) is 13.1 Å². The SMILES string of the molecule is CCC(C)C(NC(=O)C1(C)CCCNC1)C(=O)O. The molecule has 1 rings (SSSR count). The Hall–Kier alpha value is -1.10. The Bertz CT molecular complexity index is 311. The summed E-state index contributed by atoms with van der Waals surface area (Å²) in [5.74, 6) is -1.17. The van der Waals surface area contributed by atoms with Crippen molar-refractivity contribution in [1.82, 2.24) is 10.6 Å². The van der Waals surface area contributed by atoms with Crippen LogP contribution in [0.1, 0.15) is 40.0 Å². The molecule has 5 nitrogen and oxygen atoms in total. The molecule has 5 heteroatoms. The maximum atomic E-state index is 12.2. The second-order valence-corrected chi connectivity index (χ2v) is 5.52. The zero-order chi connectivity index (χ0) is 13.8. The summed E-state index contributed by atoms with van der Waals surface area (Å²) >= 11 is 0. The lowest BCUT2D eigenvalue weighted by atomic mass is 9.81. The van der Waals surface area contributed by atoms with E-state index >= 15 is 0 Å². The fourth-order valence-electron chi connectivity index (χ4n) is 2.25. The van der Waals surface area contributed by atoms with E-state index < -0.39 is 17.4 Å². The molecule has 0 bridgehead atoms. The number of carboxylic acids is 1. The van der Waals surface area contributed by atoms with Crippen LogP contribution in [0.25, 0.3) is 0 Å². The second-order valence-electron chi connectivity index (χ2n) is 5.52. The first-order valence-corrected chi connectivity index (χ1v) is 6.65. The number of carbonyl (C=O) groups is 2. The van der Waals surface area contributed by atoms with Gasteiger partial charge in [-0.15, -0.1) is 0 Å². The number of hydrogen-bond donors (Lipinski definition) is 3. The summed E-state index contributed by atoms with van der Waals surface area (Å²) in [6.07, 6.45) is 2.48. The van der Waals surface area contributed by atoms with Gasteiger partial charge in [-0.3, -0.25) is 4.79 Å². The van der Waals surface area contributed by atoms with Gasteiger partial charge in [0.05, 0.1) is 5.41 Å². The second kappa shape index (κ2) is 6.18. The molecule has 1 saturated heterocycles. The summed E-state index contributed by atoms with van der Waals surface area (Å²) in [7, 11) is 0. The van der Waals surface area contributed by atoms with Crippen molar-refractivity contribution in [2.45, 2.75) is 46.1 Å². The highest BCUT2D eigenvalue weighted by Gasteiger charge is 2.37. The average Bonchev–Trinajstić information content (AvgIpc) is 2.35. The van der Waals surface area contributed by atoms with E-state index in [-0.39, 0.29) is 11.8 Å². The van der Waals surface area contributed by atoms with Gasteiger partial charge in [0.25, 0.3) is 0 Å². The van der Waals surface area contributed by atoms with Crippen molar-refractivity contribution in [1.29, 1.82) is 0 Å². The van der Waals surface area contributed by atoms with Crippen molar-refractivity contribution < 1.29 is 14.7 Å². The molecule has 3 unspecified atom stereocenters. The zero-order valence-corrected chi connectivity index (χ0v) is 11.5. The minimum absolute atomic E-state index is 0.0633. The van der Waals surface area contributed by atoms with Crippen LogP contribution in [0.2, 0.25) is 0 Å². The summed E-state index contributed by atoms with van der Waals surface area (Å²) in [4.78, 5) is 23.4. The molecule has 104 valence electrons. The summed E-state index contributed by atoms with van der Waals surface area (Å²) in [6.45, 7) is 7.21. The quantitative estimate of drug-likeness (QED) is 0.685. The molecule has 0 spiro atoms. The molecule has 1 amide bonds. The maximum Gasteiger partial charge on any atom is 0.326 e. The van der Waals surface area contributed by atoms with Crippen LogP contribution in [0, 0.1) is 11.3 Å². The third-order valence-electron chi connectivity index (χ3n) is 3.91. The highest BCUT2D eigenvalue weighted by Crippen LogP contribution is 2.26. The molecule has 0 saturated carbocycles. The molecular weight excluding hydrogens is 232 g/mol. The Balaban J connectivity index is 2.68. The van der Waals surface area contributed by atoms with Crippen LogP contribution in [-0.2, 0) is 9.59 Å². The zero-order valence-electron chi connectivity index (χ0n) is 11.5. The maximum absolute atomic E-state index is 12.2. The Labute approximate surface area is 108 Å². The van der Waals surface area contributed by atoms with E-state index in [0.717, 1.165) is 25.8 Å². The molecule has 3 N–H and O–H groups in total. The number of hydrogen-bond acceptors (Lipinski definition) is 3. The van der Waals surface area contributed by atoms with Gasteiger partial charge >= 0.3 is 5.97 Å². The Morgan fingerprint density at radius 2 is 2.17 bits per heavy atom. The van der Waals surface area contributed by atoms with Crippen LogP contribution in [0.3, 0.4) is 0 Å². The minimum atomic E-state index is -0.954. The van der Waals surface area contributed by atoms with E-state index in [1.807, 2.05) is 20.8 Å². The smallest absolute Gasteiger partial charge is 0.326 e. The van der Waals surface area contributed by atoms with Gasteiger partial charge in [-0.05, 0) is 32.2 Å². The predicted molar refractivity (Wildman–Crippen MR) is 69.2 cm³/mol. The van der Waals surface area contributed by atoms with Gasteiger partial charge < -0.3 is 15.7 Å². The lowest BCUT2D eigenvalue weighted by Gasteiger charge is -2.34. The average molecular weight is 256 g/mol. The van der Waals surface area contributed by atoms with Gasteiger partial charge in [0.2, 0.25) is 5.91 Å². The molecule has 3 atom stereocenters. The molecule has 0 aliphatic carbocycles. The van der Waals surface area contributed by atoms with Crippen LogP contribution in [0.15, 0.2) is 0 Å². The molecule has 0 aromatic heterocycles. The Kier molecular flexibility index (Phi) is 5.14. The molecule has 0 aromatic rings. The van der Waals surface area contributed by atoms with Gasteiger partial charge in [0.15, 0.2) is 0 Å². The van der Waals surface area contributed by atoms with Gasteiger partial charge in [0.1, 0.15) is 6.04 Å². The number of piperidine rings is 1. The number of carbonyl (C=O) groups excluding carboxylic acids is 1. The number of nitrogens with one attached hydrogen (secondary N) is 2. The molecular formula is C13H24N2O3. The van der Waals surface area contributed by atoms with Crippen LogP contribution in [0.5, 0.6) is 0 Å². The van der Waals surface area contributed by atoms with E-state index in [1.54, 1.807) is 0 Å². The van der Waals surface area contributed by atoms with Crippen molar-refractivity contribution in [3.63, 3.8) is 0 Å². The standard InChI is InChI=1S/C13H24N2O3/c1-4-9(2)10(11(16)17)15-12(18)13(3)6-5-7-14-8-13/h9-10,14H,4-8H2,1-3H3,(H,15,18)(H,16,17). The van der Waals surface area contributed by atoms with Crippen LogP contribution < -0.4 is 10.6 Å². The predicted octanol–water partition coefficient (Wildman–Crippen LogP) is 0.992. The van der Waals surface area contributed by atoms with E-state index in [0.29, 0.717) is 6.54 Å². The highest BCUT2D eigenvalue weighted by molar-refractivity contribution is 5.87. The van der Waals surface area contributed by atoms with Crippen molar-refractivity contribution in [3.8, 4) is 0 Å². The molecule has 1 aliphatic heterocycles. The first-order chi connectivity index (χ1) is 8.40. The monoisotopic (exact) mass is 256 g/mol. The van der Waals surface area contributed by atoms with Gasteiger partial charge in [-0.1, -0.05) is 20.3 Å². The van der Waals surface area contributed by atoms with Crippen LogP contribution >= 0.6 is 0 Å². The van der Waals surface area contributed by atoms with Gasteiger partial charge in [-0.25, -0.2) is 4.79 Å². The van der Waals surface area contributed by atoms with Crippen molar-refractivity contribution >= 4 is 11.9 Å². The van der Waals surface area contributed by atoms with E-state index in [4.69, 9.17) is 0 Å². The summed E-state index contributed by atoms with van der Waals surface area (Å²) < 4.78 is 0. The van der Waals surface area contributed by atoms with E-state index in [1.165, 1.54) is 0 Å². The third kappa shape index (κ3) is 3.45. The van der Waals surface area contributed by atoms with Crippen LogP contribution in [-0.4, -0.2) is 36.1 Å². The molecule has 1 aliphatic rings. The van der Waals surface area contributed by atoms with Crippen LogP contribution in [0.4, 0.5) is 0 Å². The molecule has 18 heavy (non-hydrogen) atoms. The third-order valence-corrected chi connectivity index (χ3v) is 3.91. The lowest BCUT2D eigenvalue weighted by molar-refractivity contribution is -0.145. The summed E-state index contributed by atoms with van der Waals surface area (Å²) in [6, 6.07) is -0.791. The molecule has 1 fully saturated rings. The topological polar surface area (TPSA) is 78.4 Å². The number of amides is 1. The first kappa shape index (κ1) is 15.0. The van der Waals surface area contributed by atoms with Crippen molar-refractivity contribution in [2.24, 2.45) is 11.3 Å². The highest BCUT2D eigenvalue weighted by atomic mass is 16.4.